The number of halogens is 1. The normalized spacial score (nSPS) is 11.0. The monoisotopic (exact) mass is 230 g/mol. The molecule has 0 atom stereocenters. The maximum atomic E-state index is 11.4. The molecule has 0 aliphatic rings. The Labute approximate surface area is 92.2 Å². The van der Waals surface area contributed by atoms with Crippen molar-refractivity contribution in [3.8, 4) is 0 Å². The van der Waals surface area contributed by atoms with Crippen LogP contribution in [-0.4, -0.2) is 19.0 Å². The van der Waals surface area contributed by atoms with E-state index < -0.39 is 0 Å². The number of rotatable bonds is 5. The van der Waals surface area contributed by atoms with Gasteiger partial charge in [-0.1, -0.05) is 23.8 Å². The van der Waals surface area contributed by atoms with E-state index in [4.69, 9.17) is 16.3 Å². The summed E-state index contributed by atoms with van der Waals surface area (Å²) in [6.45, 7) is 2.49. The lowest BCUT2D eigenvalue weighted by Gasteiger charge is -1.97. The Kier molecular flexibility index (Phi) is 4.87. The first-order chi connectivity index (χ1) is 6.74. The van der Waals surface area contributed by atoms with E-state index in [0.29, 0.717) is 15.8 Å². The van der Waals surface area contributed by atoms with E-state index in [1.165, 1.54) is 11.3 Å². The van der Waals surface area contributed by atoms with Crippen LogP contribution in [0.25, 0.3) is 0 Å². The van der Waals surface area contributed by atoms with Gasteiger partial charge in [0.05, 0.1) is 15.8 Å². The Bertz CT molecular complexity index is 331. The minimum Gasteiger partial charge on any atom is -0.369 e. The SMILES string of the molecule is CC=CCOCC(=O)c1ccc(Cl)s1. The zero-order chi connectivity index (χ0) is 10.4. The minimum atomic E-state index is -0.0218. The van der Waals surface area contributed by atoms with Gasteiger partial charge in [-0.3, -0.25) is 4.79 Å². The van der Waals surface area contributed by atoms with E-state index >= 15 is 0 Å². The van der Waals surface area contributed by atoms with Crippen molar-refractivity contribution in [2.75, 3.05) is 13.2 Å². The second-order valence-electron chi connectivity index (χ2n) is 2.61. The maximum absolute atomic E-state index is 11.4. The molecule has 0 saturated carbocycles. The summed E-state index contributed by atoms with van der Waals surface area (Å²) < 4.78 is 5.75. The third-order valence-electron chi connectivity index (χ3n) is 1.53. The van der Waals surface area contributed by atoms with Crippen molar-refractivity contribution < 1.29 is 9.53 Å². The predicted octanol–water partition coefficient (Wildman–Crippen LogP) is 3.18. The molecule has 0 fully saturated rings. The Morgan fingerprint density at radius 2 is 2.43 bits per heavy atom. The van der Waals surface area contributed by atoms with Crippen LogP contribution in [0.15, 0.2) is 24.3 Å². The van der Waals surface area contributed by atoms with Crippen molar-refractivity contribution in [2.24, 2.45) is 0 Å². The second kappa shape index (κ2) is 5.96. The highest BCUT2D eigenvalue weighted by Gasteiger charge is 2.07. The molecule has 0 unspecified atom stereocenters. The number of thiophene rings is 1. The Morgan fingerprint density at radius 3 is 3.00 bits per heavy atom. The highest BCUT2D eigenvalue weighted by Crippen LogP contribution is 2.21. The van der Waals surface area contributed by atoms with E-state index in [9.17, 15) is 4.79 Å². The van der Waals surface area contributed by atoms with Crippen LogP contribution in [0.3, 0.4) is 0 Å². The lowest BCUT2D eigenvalue weighted by molar-refractivity contribution is 0.0810. The van der Waals surface area contributed by atoms with Crippen LogP contribution in [0.1, 0.15) is 16.6 Å². The summed E-state index contributed by atoms with van der Waals surface area (Å²) in [6, 6.07) is 3.43. The van der Waals surface area contributed by atoms with Gasteiger partial charge in [0.25, 0.3) is 0 Å². The molecule has 0 aliphatic heterocycles. The van der Waals surface area contributed by atoms with Crippen LogP contribution in [0.2, 0.25) is 4.34 Å². The molecule has 0 aliphatic carbocycles. The van der Waals surface area contributed by atoms with Crippen LogP contribution in [0, 0.1) is 0 Å². The number of hydrogen-bond donors (Lipinski definition) is 0. The average Bonchev–Trinajstić information content (AvgIpc) is 2.59. The molecule has 0 spiro atoms. The first-order valence-corrected chi connectivity index (χ1v) is 5.41. The molecule has 0 saturated heterocycles. The fourth-order valence-corrected chi connectivity index (χ4v) is 1.82. The summed E-state index contributed by atoms with van der Waals surface area (Å²) in [5.74, 6) is -0.0218. The van der Waals surface area contributed by atoms with Crippen LogP contribution in [0.4, 0.5) is 0 Å². The molecule has 4 heteroatoms. The number of Topliss-reactive ketones (excluding diaryl/α,β-unsaturated/α-hetero) is 1. The van der Waals surface area contributed by atoms with Crippen molar-refractivity contribution in [1.29, 1.82) is 0 Å². The topological polar surface area (TPSA) is 26.3 Å². The molecule has 0 N–H and O–H groups in total. The van der Waals surface area contributed by atoms with Gasteiger partial charge in [-0.15, -0.1) is 11.3 Å². The lowest BCUT2D eigenvalue weighted by atomic mass is 10.3. The number of ether oxygens (including phenoxy) is 1. The molecule has 0 bridgehead atoms. The van der Waals surface area contributed by atoms with Crippen LogP contribution in [0.5, 0.6) is 0 Å². The largest absolute Gasteiger partial charge is 0.369 e. The molecule has 76 valence electrons. The highest BCUT2D eigenvalue weighted by atomic mass is 35.5. The lowest BCUT2D eigenvalue weighted by Crippen LogP contribution is -2.07. The maximum Gasteiger partial charge on any atom is 0.198 e. The van der Waals surface area contributed by atoms with Gasteiger partial charge < -0.3 is 4.74 Å². The molecule has 14 heavy (non-hydrogen) atoms. The molecule has 2 nitrogen and oxygen atoms in total. The molecular weight excluding hydrogens is 220 g/mol. The first kappa shape index (κ1) is 11.4. The predicted molar refractivity (Wildman–Crippen MR) is 59.3 cm³/mol. The second-order valence-corrected chi connectivity index (χ2v) is 4.33. The van der Waals surface area contributed by atoms with E-state index in [2.05, 4.69) is 0 Å². The summed E-state index contributed by atoms with van der Waals surface area (Å²) in [6.07, 6.45) is 3.74. The summed E-state index contributed by atoms with van der Waals surface area (Å²) in [7, 11) is 0. The van der Waals surface area contributed by atoms with Crippen molar-refractivity contribution in [1.82, 2.24) is 0 Å². The van der Waals surface area contributed by atoms with E-state index in [0.717, 1.165) is 0 Å². The van der Waals surface area contributed by atoms with Crippen LogP contribution >= 0.6 is 22.9 Å². The molecule has 1 aromatic heterocycles. The zero-order valence-electron chi connectivity index (χ0n) is 7.83. The van der Waals surface area contributed by atoms with Gasteiger partial charge in [0.1, 0.15) is 6.61 Å². The number of ketones is 1. The molecule has 0 radical (unpaired) electrons. The summed E-state index contributed by atoms with van der Waals surface area (Å²) >= 11 is 6.98. The highest BCUT2D eigenvalue weighted by molar-refractivity contribution is 7.18. The Morgan fingerprint density at radius 1 is 1.64 bits per heavy atom. The van der Waals surface area contributed by atoms with Gasteiger partial charge in [0.15, 0.2) is 5.78 Å². The molecule has 1 heterocycles. The third kappa shape index (κ3) is 3.62. The van der Waals surface area contributed by atoms with Crippen LogP contribution < -0.4 is 0 Å². The molecule has 0 aromatic carbocycles. The first-order valence-electron chi connectivity index (χ1n) is 4.21. The quantitative estimate of drug-likeness (QED) is 0.441. The van der Waals surface area contributed by atoms with Crippen molar-refractivity contribution in [2.45, 2.75) is 6.92 Å². The Balaban J connectivity index is 2.35. The average molecular weight is 231 g/mol. The minimum absolute atomic E-state index is 0.0218. The summed E-state index contributed by atoms with van der Waals surface area (Å²) in [4.78, 5) is 12.1. The van der Waals surface area contributed by atoms with E-state index in [1.54, 1.807) is 12.1 Å². The van der Waals surface area contributed by atoms with Crippen LogP contribution in [-0.2, 0) is 4.74 Å². The molecule has 1 rings (SSSR count). The van der Waals surface area contributed by atoms with E-state index in [-0.39, 0.29) is 12.4 Å². The fourth-order valence-electron chi connectivity index (χ4n) is 0.851. The summed E-state index contributed by atoms with van der Waals surface area (Å²) in [5, 5.41) is 0. The zero-order valence-corrected chi connectivity index (χ0v) is 9.40. The molecule has 0 amide bonds. The van der Waals surface area contributed by atoms with Gasteiger partial charge in [-0.2, -0.15) is 0 Å². The number of carbonyl (C=O) groups is 1. The van der Waals surface area contributed by atoms with Crippen molar-refractivity contribution in [3.63, 3.8) is 0 Å². The van der Waals surface area contributed by atoms with Gasteiger partial charge in [-0.25, -0.2) is 0 Å². The third-order valence-corrected chi connectivity index (χ3v) is 2.80. The van der Waals surface area contributed by atoms with Gasteiger partial charge in [0, 0.05) is 0 Å². The molecule has 1 aromatic rings. The van der Waals surface area contributed by atoms with Gasteiger partial charge >= 0.3 is 0 Å². The number of carbonyl (C=O) groups excluding carboxylic acids is 1. The van der Waals surface area contributed by atoms with Crippen molar-refractivity contribution >= 4 is 28.7 Å². The summed E-state index contributed by atoms with van der Waals surface area (Å²) in [5.41, 5.74) is 0. The Hall–Kier alpha value is -0.640. The van der Waals surface area contributed by atoms with Crippen molar-refractivity contribution in [3.05, 3.63) is 33.5 Å². The number of hydrogen-bond acceptors (Lipinski definition) is 3. The fraction of sp³-hybridized carbons (Fsp3) is 0.300. The van der Waals surface area contributed by atoms with E-state index in [1.807, 2.05) is 19.1 Å². The standard InChI is InChI=1S/C10H11ClO2S/c1-2-3-6-13-7-8(12)9-4-5-10(11)14-9/h2-5H,6-7H2,1H3. The smallest absolute Gasteiger partial charge is 0.198 e. The molecular formula is C10H11ClO2S. The van der Waals surface area contributed by atoms with Gasteiger partial charge in [0.2, 0.25) is 0 Å². The van der Waals surface area contributed by atoms with Gasteiger partial charge in [-0.05, 0) is 19.1 Å². The number of allylic oxidation sites excluding steroid dienone is 1.